The molecule has 3 aromatic rings. The Morgan fingerprint density at radius 1 is 1.03 bits per heavy atom. The van der Waals surface area contributed by atoms with E-state index in [-0.39, 0.29) is 6.04 Å². The first kappa shape index (κ1) is 21.0. The van der Waals surface area contributed by atoms with Crippen molar-refractivity contribution < 1.29 is 0 Å². The van der Waals surface area contributed by atoms with Gasteiger partial charge in [-0.15, -0.1) is 0 Å². The maximum atomic E-state index is 6.00. The fourth-order valence-corrected chi connectivity index (χ4v) is 4.43. The van der Waals surface area contributed by atoms with Crippen molar-refractivity contribution in [3.8, 4) is 0 Å². The standard InChI is InChI=1S/C25H29ClN4/c1-16(2)18-10-13-22-21(15-18)25(20-5-3-4-6-23(20)30-27)29-24(28-22)14-9-17-7-11-19(26)12-8-17/h7-16,20,23,30H,3-6,27H2,1-2H3/b14-9-. The van der Waals surface area contributed by atoms with Crippen LogP contribution in [0, 0.1) is 0 Å². The van der Waals surface area contributed by atoms with Crippen LogP contribution >= 0.6 is 11.6 Å². The van der Waals surface area contributed by atoms with Gasteiger partial charge in [0.25, 0.3) is 0 Å². The van der Waals surface area contributed by atoms with Gasteiger partial charge in [0.1, 0.15) is 0 Å². The van der Waals surface area contributed by atoms with Gasteiger partial charge < -0.3 is 0 Å². The molecule has 0 amide bonds. The third kappa shape index (κ3) is 4.56. The minimum absolute atomic E-state index is 0.243. The van der Waals surface area contributed by atoms with Gasteiger partial charge in [0.2, 0.25) is 0 Å². The quantitative estimate of drug-likeness (QED) is 0.388. The molecule has 0 bridgehead atoms. The normalized spacial score (nSPS) is 19.8. The summed E-state index contributed by atoms with van der Waals surface area (Å²) in [6.07, 6.45) is 8.59. The van der Waals surface area contributed by atoms with Gasteiger partial charge in [0, 0.05) is 22.4 Å². The predicted molar refractivity (Wildman–Crippen MR) is 126 cm³/mol. The van der Waals surface area contributed by atoms with Crippen molar-refractivity contribution in [2.45, 2.75) is 57.4 Å². The fraction of sp³-hybridized carbons (Fsp3) is 0.360. The summed E-state index contributed by atoms with van der Waals surface area (Å²) in [5, 5.41) is 1.88. The summed E-state index contributed by atoms with van der Waals surface area (Å²) in [6, 6.07) is 14.6. The van der Waals surface area contributed by atoms with Crippen LogP contribution in [0.1, 0.15) is 74.0 Å². The summed E-state index contributed by atoms with van der Waals surface area (Å²) >= 11 is 6.00. The van der Waals surface area contributed by atoms with E-state index in [4.69, 9.17) is 27.4 Å². The third-order valence-corrected chi connectivity index (χ3v) is 6.31. The lowest BCUT2D eigenvalue weighted by Crippen LogP contribution is -2.41. The Labute approximate surface area is 183 Å². The van der Waals surface area contributed by atoms with E-state index in [1.165, 1.54) is 18.4 Å². The molecule has 2 unspecified atom stereocenters. The average molecular weight is 421 g/mol. The number of rotatable bonds is 5. The van der Waals surface area contributed by atoms with Gasteiger partial charge in [-0.25, -0.2) is 9.97 Å². The first-order valence-corrected chi connectivity index (χ1v) is 11.1. The van der Waals surface area contributed by atoms with E-state index in [1.807, 2.05) is 36.4 Å². The molecule has 1 saturated carbocycles. The molecule has 2 atom stereocenters. The lowest BCUT2D eigenvalue weighted by atomic mass is 9.81. The largest absolute Gasteiger partial charge is 0.271 e. The number of fused-ring (bicyclic) bond motifs is 1. The van der Waals surface area contributed by atoms with Crippen molar-refractivity contribution in [1.29, 1.82) is 0 Å². The molecule has 30 heavy (non-hydrogen) atoms. The van der Waals surface area contributed by atoms with E-state index in [0.717, 1.165) is 45.8 Å². The number of nitrogens with zero attached hydrogens (tertiary/aromatic N) is 2. The molecular formula is C25H29ClN4. The minimum atomic E-state index is 0.243. The van der Waals surface area contributed by atoms with Crippen LogP contribution in [0.5, 0.6) is 0 Å². The van der Waals surface area contributed by atoms with Crippen LogP contribution in [0.2, 0.25) is 5.02 Å². The van der Waals surface area contributed by atoms with Crippen molar-refractivity contribution in [3.63, 3.8) is 0 Å². The molecule has 2 aromatic carbocycles. The maximum absolute atomic E-state index is 6.00. The number of nitrogens with one attached hydrogen (secondary N) is 1. The lowest BCUT2D eigenvalue weighted by molar-refractivity contribution is 0.328. The summed E-state index contributed by atoms with van der Waals surface area (Å²) in [4.78, 5) is 9.88. The minimum Gasteiger partial charge on any atom is -0.271 e. The zero-order valence-electron chi connectivity index (χ0n) is 17.6. The molecule has 1 heterocycles. The van der Waals surface area contributed by atoms with E-state index in [2.05, 4.69) is 37.5 Å². The van der Waals surface area contributed by atoms with Crippen LogP contribution in [-0.4, -0.2) is 16.0 Å². The Hall–Kier alpha value is -2.27. The maximum Gasteiger partial charge on any atom is 0.152 e. The number of hydrazine groups is 1. The highest BCUT2D eigenvalue weighted by atomic mass is 35.5. The number of hydrogen-bond acceptors (Lipinski definition) is 4. The van der Waals surface area contributed by atoms with Crippen molar-refractivity contribution in [3.05, 3.63) is 70.1 Å². The predicted octanol–water partition coefficient (Wildman–Crippen LogP) is 6.07. The van der Waals surface area contributed by atoms with Crippen LogP contribution in [0.4, 0.5) is 0 Å². The second kappa shape index (κ2) is 9.25. The number of aromatic nitrogens is 2. The number of hydrogen-bond donors (Lipinski definition) is 2. The molecule has 1 aromatic heterocycles. The van der Waals surface area contributed by atoms with Crippen LogP contribution in [0.25, 0.3) is 23.1 Å². The Morgan fingerprint density at radius 3 is 2.53 bits per heavy atom. The summed E-state index contributed by atoms with van der Waals surface area (Å²) in [5.41, 5.74) is 7.52. The topological polar surface area (TPSA) is 63.8 Å². The summed E-state index contributed by atoms with van der Waals surface area (Å²) in [6.45, 7) is 4.44. The second-order valence-corrected chi connectivity index (χ2v) is 8.88. The van der Waals surface area contributed by atoms with Crippen molar-refractivity contribution in [2.24, 2.45) is 5.84 Å². The van der Waals surface area contributed by atoms with Gasteiger partial charge in [-0.05, 0) is 60.2 Å². The Bertz CT molecular complexity index is 1040. The zero-order valence-corrected chi connectivity index (χ0v) is 18.4. The first-order chi connectivity index (χ1) is 14.5. The van der Waals surface area contributed by atoms with Crippen LogP contribution in [-0.2, 0) is 0 Å². The highest BCUT2D eigenvalue weighted by Gasteiger charge is 2.28. The van der Waals surface area contributed by atoms with Crippen molar-refractivity contribution >= 4 is 34.7 Å². The first-order valence-electron chi connectivity index (χ1n) is 10.8. The summed E-state index contributed by atoms with van der Waals surface area (Å²) in [5.74, 6) is 7.40. The smallest absolute Gasteiger partial charge is 0.152 e. The molecule has 1 aliphatic rings. The fourth-order valence-electron chi connectivity index (χ4n) is 4.31. The monoisotopic (exact) mass is 420 g/mol. The average Bonchev–Trinajstić information content (AvgIpc) is 2.77. The molecule has 0 spiro atoms. The molecule has 1 aliphatic carbocycles. The Morgan fingerprint density at radius 2 is 1.80 bits per heavy atom. The van der Waals surface area contributed by atoms with Crippen molar-refractivity contribution in [1.82, 2.24) is 15.4 Å². The number of benzene rings is 2. The highest BCUT2D eigenvalue weighted by Crippen LogP contribution is 2.36. The van der Waals surface area contributed by atoms with E-state index < -0.39 is 0 Å². The van der Waals surface area contributed by atoms with Gasteiger partial charge in [-0.2, -0.15) is 0 Å². The molecule has 0 saturated heterocycles. The van der Waals surface area contributed by atoms with Gasteiger partial charge in [-0.1, -0.05) is 62.6 Å². The van der Waals surface area contributed by atoms with Crippen LogP contribution in [0.15, 0.2) is 42.5 Å². The van der Waals surface area contributed by atoms with E-state index in [0.29, 0.717) is 11.8 Å². The lowest BCUT2D eigenvalue weighted by Gasteiger charge is -2.31. The summed E-state index contributed by atoms with van der Waals surface area (Å²) in [7, 11) is 0. The van der Waals surface area contributed by atoms with E-state index in [9.17, 15) is 0 Å². The molecule has 3 N–H and O–H groups in total. The number of halogens is 1. The Balaban J connectivity index is 1.80. The molecule has 0 aliphatic heterocycles. The number of nitrogens with two attached hydrogens (primary N) is 1. The van der Waals surface area contributed by atoms with Gasteiger partial charge in [-0.3, -0.25) is 11.3 Å². The second-order valence-electron chi connectivity index (χ2n) is 8.45. The van der Waals surface area contributed by atoms with Gasteiger partial charge in [0.05, 0.1) is 11.2 Å². The van der Waals surface area contributed by atoms with E-state index >= 15 is 0 Å². The molecule has 156 valence electrons. The van der Waals surface area contributed by atoms with Crippen LogP contribution in [0.3, 0.4) is 0 Å². The molecule has 0 radical (unpaired) electrons. The molecule has 5 heteroatoms. The molecular weight excluding hydrogens is 392 g/mol. The highest BCUT2D eigenvalue weighted by molar-refractivity contribution is 6.30. The molecule has 1 fully saturated rings. The van der Waals surface area contributed by atoms with E-state index in [1.54, 1.807) is 0 Å². The third-order valence-electron chi connectivity index (χ3n) is 6.06. The SMILES string of the molecule is CC(C)c1ccc2nc(/C=C\c3ccc(Cl)cc3)nc(C3CCCCC3NN)c2c1. The Kier molecular flexibility index (Phi) is 6.47. The summed E-state index contributed by atoms with van der Waals surface area (Å²) < 4.78 is 0. The molecule has 4 rings (SSSR count). The molecule has 4 nitrogen and oxygen atoms in total. The van der Waals surface area contributed by atoms with Crippen LogP contribution < -0.4 is 11.3 Å². The van der Waals surface area contributed by atoms with Crippen molar-refractivity contribution in [2.75, 3.05) is 0 Å². The van der Waals surface area contributed by atoms with Gasteiger partial charge >= 0.3 is 0 Å². The zero-order chi connectivity index (χ0) is 21.1. The van der Waals surface area contributed by atoms with Gasteiger partial charge in [0.15, 0.2) is 5.82 Å².